The van der Waals surface area contributed by atoms with Gasteiger partial charge in [0.15, 0.2) is 11.5 Å². The quantitative estimate of drug-likeness (QED) is 0.865. The van der Waals surface area contributed by atoms with Crippen LogP contribution in [0.5, 0.6) is 11.5 Å². The number of rotatable bonds is 4. The van der Waals surface area contributed by atoms with Crippen molar-refractivity contribution in [2.24, 2.45) is 0 Å². The molecule has 1 aliphatic heterocycles. The van der Waals surface area contributed by atoms with Crippen LogP contribution in [0.2, 0.25) is 0 Å². The second kappa shape index (κ2) is 7.20. The minimum atomic E-state index is 0.273. The van der Waals surface area contributed by atoms with Crippen LogP contribution in [-0.2, 0) is 4.74 Å². The summed E-state index contributed by atoms with van der Waals surface area (Å²) in [4.78, 5) is 2.57. The molecular formula is C17H26N2O3. The molecule has 0 amide bonds. The number of nitrogens with zero attached hydrogens (tertiary/aromatic N) is 1. The second-order valence-electron chi connectivity index (χ2n) is 6.11. The Labute approximate surface area is 132 Å². The number of anilines is 1. The molecule has 5 heteroatoms. The zero-order valence-corrected chi connectivity index (χ0v) is 13.3. The largest absolute Gasteiger partial charge is 0.493 e. The summed E-state index contributed by atoms with van der Waals surface area (Å²) in [5.74, 6) is 1.52. The van der Waals surface area contributed by atoms with Gasteiger partial charge < -0.3 is 19.9 Å². The molecule has 22 heavy (non-hydrogen) atoms. The third-order valence-electron chi connectivity index (χ3n) is 4.69. The molecule has 5 nitrogen and oxygen atoms in total. The lowest BCUT2D eigenvalue weighted by atomic mass is 9.91. The molecule has 3 rings (SSSR count). The Morgan fingerprint density at radius 1 is 1.09 bits per heavy atom. The highest BCUT2D eigenvalue weighted by Crippen LogP contribution is 2.33. The zero-order chi connectivity index (χ0) is 15.4. The zero-order valence-electron chi connectivity index (χ0n) is 13.3. The molecular weight excluding hydrogens is 280 g/mol. The van der Waals surface area contributed by atoms with E-state index in [1.807, 2.05) is 18.2 Å². The lowest BCUT2D eigenvalue weighted by Crippen LogP contribution is -2.46. The number of nitrogen functional groups attached to an aromatic ring is 1. The van der Waals surface area contributed by atoms with Gasteiger partial charge in [0.1, 0.15) is 0 Å². The fraction of sp³-hybridized carbons (Fsp3) is 0.647. The molecule has 1 aromatic carbocycles. The highest BCUT2D eigenvalue weighted by atomic mass is 16.5. The predicted octanol–water partition coefficient (Wildman–Crippen LogP) is 2.30. The van der Waals surface area contributed by atoms with E-state index in [9.17, 15) is 0 Å². The predicted molar refractivity (Wildman–Crippen MR) is 86.5 cm³/mol. The summed E-state index contributed by atoms with van der Waals surface area (Å²) in [5.41, 5.74) is 6.48. The number of benzene rings is 1. The molecule has 0 bridgehead atoms. The lowest BCUT2D eigenvalue weighted by molar-refractivity contribution is -0.00121. The van der Waals surface area contributed by atoms with Crippen LogP contribution in [0.25, 0.3) is 0 Å². The maximum absolute atomic E-state index is 6.14. The molecule has 0 aromatic heterocycles. The Bertz CT molecular complexity index is 481. The summed E-state index contributed by atoms with van der Waals surface area (Å²) in [5, 5.41) is 0. The summed E-state index contributed by atoms with van der Waals surface area (Å²) in [6.45, 7) is 3.89. The van der Waals surface area contributed by atoms with Crippen molar-refractivity contribution in [3.8, 4) is 11.5 Å². The molecule has 1 aliphatic carbocycles. The van der Waals surface area contributed by atoms with E-state index in [0.29, 0.717) is 11.7 Å². The van der Waals surface area contributed by atoms with Gasteiger partial charge in [0.25, 0.3) is 0 Å². The van der Waals surface area contributed by atoms with Gasteiger partial charge in [-0.05, 0) is 37.8 Å². The Hall–Kier alpha value is -1.46. The number of methoxy groups -OCH3 is 1. The maximum atomic E-state index is 6.14. The first-order chi connectivity index (χ1) is 10.8. The molecule has 2 N–H and O–H groups in total. The smallest absolute Gasteiger partial charge is 0.162 e. The van der Waals surface area contributed by atoms with Crippen LogP contribution in [0.1, 0.15) is 25.7 Å². The normalized spacial score (nSPS) is 26.6. The molecule has 1 saturated carbocycles. The first kappa shape index (κ1) is 15.4. The molecule has 0 unspecified atom stereocenters. The monoisotopic (exact) mass is 306 g/mol. The van der Waals surface area contributed by atoms with Crippen molar-refractivity contribution in [3.05, 3.63) is 18.2 Å². The van der Waals surface area contributed by atoms with E-state index in [-0.39, 0.29) is 6.10 Å². The molecule has 122 valence electrons. The van der Waals surface area contributed by atoms with Crippen LogP contribution in [0, 0.1) is 0 Å². The number of hydrogen-bond donors (Lipinski definition) is 1. The SMILES string of the molecule is COc1cc(N)ccc1OC1CCC(N2CCOCC2)CC1. The van der Waals surface area contributed by atoms with E-state index >= 15 is 0 Å². The van der Waals surface area contributed by atoms with Gasteiger partial charge in [-0.2, -0.15) is 0 Å². The third-order valence-corrected chi connectivity index (χ3v) is 4.69. The van der Waals surface area contributed by atoms with Crippen molar-refractivity contribution in [3.63, 3.8) is 0 Å². The molecule has 0 radical (unpaired) electrons. The molecule has 1 aromatic rings. The molecule has 2 fully saturated rings. The van der Waals surface area contributed by atoms with Gasteiger partial charge in [0.05, 0.1) is 26.4 Å². The van der Waals surface area contributed by atoms with Gasteiger partial charge in [0, 0.05) is 30.9 Å². The Morgan fingerprint density at radius 3 is 2.50 bits per heavy atom. The third kappa shape index (κ3) is 3.65. The van der Waals surface area contributed by atoms with Gasteiger partial charge in [-0.15, -0.1) is 0 Å². The Morgan fingerprint density at radius 2 is 1.82 bits per heavy atom. The molecule has 0 spiro atoms. The molecule has 2 aliphatic rings. The topological polar surface area (TPSA) is 57.0 Å². The number of ether oxygens (including phenoxy) is 3. The van der Waals surface area contributed by atoms with E-state index in [1.54, 1.807) is 7.11 Å². The second-order valence-corrected chi connectivity index (χ2v) is 6.11. The highest BCUT2D eigenvalue weighted by molar-refractivity contribution is 5.52. The van der Waals surface area contributed by atoms with Crippen molar-refractivity contribution >= 4 is 5.69 Å². The van der Waals surface area contributed by atoms with E-state index in [0.717, 1.165) is 50.6 Å². The van der Waals surface area contributed by atoms with Crippen LogP contribution >= 0.6 is 0 Å². The fourth-order valence-electron chi connectivity index (χ4n) is 3.43. The number of nitrogens with two attached hydrogens (primary N) is 1. The van der Waals surface area contributed by atoms with Crippen molar-refractivity contribution < 1.29 is 14.2 Å². The van der Waals surface area contributed by atoms with Gasteiger partial charge in [-0.25, -0.2) is 0 Å². The van der Waals surface area contributed by atoms with Gasteiger partial charge in [0.2, 0.25) is 0 Å². The lowest BCUT2D eigenvalue weighted by Gasteiger charge is -2.38. The highest BCUT2D eigenvalue weighted by Gasteiger charge is 2.28. The van der Waals surface area contributed by atoms with Crippen LogP contribution in [0.3, 0.4) is 0 Å². The first-order valence-electron chi connectivity index (χ1n) is 8.18. The van der Waals surface area contributed by atoms with Crippen molar-refractivity contribution in [2.75, 3.05) is 39.1 Å². The Balaban J connectivity index is 1.53. The Kier molecular flexibility index (Phi) is 5.05. The fourth-order valence-corrected chi connectivity index (χ4v) is 3.43. The summed E-state index contributed by atoms with van der Waals surface area (Å²) in [7, 11) is 1.65. The number of morpholine rings is 1. The molecule has 1 heterocycles. The summed E-state index contributed by atoms with van der Waals surface area (Å²) in [6, 6.07) is 6.27. The summed E-state index contributed by atoms with van der Waals surface area (Å²) >= 11 is 0. The van der Waals surface area contributed by atoms with E-state index in [1.165, 1.54) is 12.8 Å². The number of hydrogen-bond acceptors (Lipinski definition) is 5. The maximum Gasteiger partial charge on any atom is 0.162 e. The van der Waals surface area contributed by atoms with Crippen LogP contribution < -0.4 is 15.2 Å². The standard InChI is InChI=1S/C17H26N2O3/c1-20-17-12-13(18)2-7-16(17)22-15-5-3-14(4-6-15)19-8-10-21-11-9-19/h2,7,12,14-15H,3-6,8-11,18H2,1H3. The van der Waals surface area contributed by atoms with E-state index < -0.39 is 0 Å². The first-order valence-corrected chi connectivity index (χ1v) is 8.18. The van der Waals surface area contributed by atoms with Crippen molar-refractivity contribution in [1.29, 1.82) is 0 Å². The molecule has 0 atom stereocenters. The summed E-state index contributed by atoms with van der Waals surface area (Å²) < 4.78 is 16.9. The summed E-state index contributed by atoms with van der Waals surface area (Å²) in [6.07, 6.45) is 4.85. The average Bonchev–Trinajstić information content (AvgIpc) is 2.58. The van der Waals surface area contributed by atoms with Crippen LogP contribution in [0.4, 0.5) is 5.69 Å². The van der Waals surface area contributed by atoms with Gasteiger partial charge in [-0.3, -0.25) is 4.90 Å². The van der Waals surface area contributed by atoms with E-state index in [2.05, 4.69) is 4.90 Å². The average molecular weight is 306 g/mol. The van der Waals surface area contributed by atoms with E-state index in [4.69, 9.17) is 19.9 Å². The van der Waals surface area contributed by atoms with Crippen LogP contribution in [0.15, 0.2) is 18.2 Å². The molecule has 1 saturated heterocycles. The van der Waals surface area contributed by atoms with Crippen molar-refractivity contribution in [1.82, 2.24) is 4.90 Å². The van der Waals surface area contributed by atoms with Gasteiger partial charge in [-0.1, -0.05) is 0 Å². The van der Waals surface area contributed by atoms with Gasteiger partial charge >= 0.3 is 0 Å². The minimum absolute atomic E-state index is 0.273. The minimum Gasteiger partial charge on any atom is -0.493 e. The van der Waals surface area contributed by atoms with Crippen LogP contribution in [-0.4, -0.2) is 50.5 Å². The van der Waals surface area contributed by atoms with Crippen molar-refractivity contribution in [2.45, 2.75) is 37.8 Å².